The van der Waals surface area contributed by atoms with E-state index in [-0.39, 0.29) is 17.1 Å². The smallest absolute Gasteiger partial charge is 0.165 e. The summed E-state index contributed by atoms with van der Waals surface area (Å²) in [6.07, 6.45) is 4.45. The van der Waals surface area contributed by atoms with Crippen molar-refractivity contribution in [1.29, 1.82) is 0 Å². The zero-order valence-corrected chi connectivity index (χ0v) is 7.56. The van der Waals surface area contributed by atoms with Gasteiger partial charge in [-0.15, -0.1) is 0 Å². The second-order valence-electron chi connectivity index (χ2n) is 2.97. The summed E-state index contributed by atoms with van der Waals surface area (Å²) in [5, 5.41) is 10.2. The maximum atomic E-state index is 11.1. The molecule has 0 saturated carbocycles. The van der Waals surface area contributed by atoms with Crippen LogP contribution in [0.2, 0.25) is 0 Å². The molecule has 0 radical (unpaired) electrons. The summed E-state index contributed by atoms with van der Waals surface area (Å²) in [7, 11) is 0. The van der Waals surface area contributed by atoms with Crippen molar-refractivity contribution in [2.45, 2.75) is 6.92 Å². The number of pyridine rings is 2. The van der Waals surface area contributed by atoms with E-state index in [1.165, 1.54) is 19.3 Å². The Hall–Kier alpha value is -1.97. The van der Waals surface area contributed by atoms with Crippen LogP contribution in [0.15, 0.2) is 24.7 Å². The lowest BCUT2D eigenvalue weighted by atomic mass is 10.1. The van der Waals surface area contributed by atoms with E-state index in [0.29, 0.717) is 10.9 Å². The topological polar surface area (TPSA) is 63.1 Å². The Labute approximate surface area is 80.2 Å². The maximum absolute atomic E-state index is 11.1. The first-order valence-corrected chi connectivity index (χ1v) is 4.13. The molecule has 2 aromatic heterocycles. The molecule has 2 aromatic rings. The van der Waals surface area contributed by atoms with Crippen LogP contribution in [-0.4, -0.2) is 20.9 Å². The maximum Gasteiger partial charge on any atom is 0.165 e. The summed E-state index contributed by atoms with van der Waals surface area (Å²) >= 11 is 0. The zero-order chi connectivity index (χ0) is 10.1. The van der Waals surface area contributed by atoms with Crippen LogP contribution in [0.5, 0.6) is 5.75 Å². The zero-order valence-electron chi connectivity index (χ0n) is 7.56. The number of ketones is 1. The lowest BCUT2D eigenvalue weighted by Gasteiger charge is -2.02. The second kappa shape index (κ2) is 3.06. The summed E-state index contributed by atoms with van der Waals surface area (Å²) in [5.41, 5.74) is 0.855. The monoisotopic (exact) mass is 188 g/mol. The molecule has 0 amide bonds. The standard InChI is InChI=1S/C10H8N2O2/c1-6(13)7-5-12-9-2-3-11-4-8(9)10(7)14/h2-5H,1H3,(H,12,14). The summed E-state index contributed by atoms with van der Waals surface area (Å²) in [5.74, 6) is -0.253. The van der Waals surface area contributed by atoms with Gasteiger partial charge < -0.3 is 5.11 Å². The summed E-state index contributed by atoms with van der Waals surface area (Å²) in [6, 6.07) is 1.68. The fourth-order valence-electron chi connectivity index (χ4n) is 1.28. The quantitative estimate of drug-likeness (QED) is 0.689. The molecule has 2 rings (SSSR count). The molecule has 0 aromatic carbocycles. The molecular weight excluding hydrogens is 180 g/mol. The fraction of sp³-hybridized carbons (Fsp3) is 0.100. The number of nitrogens with zero attached hydrogens (tertiary/aromatic N) is 2. The van der Waals surface area contributed by atoms with Crippen molar-refractivity contribution in [3.8, 4) is 5.75 Å². The number of carbonyl (C=O) groups excluding carboxylic acids is 1. The van der Waals surface area contributed by atoms with Gasteiger partial charge in [0.1, 0.15) is 5.75 Å². The second-order valence-corrected chi connectivity index (χ2v) is 2.97. The molecule has 0 aliphatic carbocycles. The molecule has 0 atom stereocenters. The van der Waals surface area contributed by atoms with Crippen LogP contribution in [0.1, 0.15) is 17.3 Å². The van der Waals surface area contributed by atoms with Gasteiger partial charge in [-0.2, -0.15) is 0 Å². The van der Waals surface area contributed by atoms with Gasteiger partial charge >= 0.3 is 0 Å². The van der Waals surface area contributed by atoms with E-state index in [9.17, 15) is 9.90 Å². The van der Waals surface area contributed by atoms with Crippen molar-refractivity contribution in [1.82, 2.24) is 9.97 Å². The highest BCUT2D eigenvalue weighted by atomic mass is 16.3. The van der Waals surface area contributed by atoms with E-state index < -0.39 is 0 Å². The van der Waals surface area contributed by atoms with E-state index in [1.807, 2.05) is 0 Å². The Bertz CT molecular complexity index is 508. The Balaban J connectivity index is 2.81. The van der Waals surface area contributed by atoms with E-state index in [2.05, 4.69) is 9.97 Å². The highest BCUT2D eigenvalue weighted by molar-refractivity contribution is 6.01. The van der Waals surface area contributed by atoms with Crippen molar-refractivity contribution >= 4 is 16.7 Å². The van der Waals surface area contributed by atoms with Crippen molar-refractivity contribution in [3.05, 3.63) is 30.2 Å². The molecule has 0 aliphatic rings. The van der Waals surface area contributed by atoms with Gasteiger partial charge in [0.2, 0.25) is 0 Å². The lowest BCUT2D eigenvalue weighted by Crippen LogP contribution is -1.95. The van der Waals surface area contributed by atoms with Gasteiger partial charge in [0.25, 0.3) is 0 Å². The first-order chi connectivity index (χ1) is 6.70. The first-order valence-electron chi connectivity index (χ1n) is 4.13. The third-order valence-electron chi connectivity index (χ3n) is 2.02. The average Bonchev–Trinajstić information content (AvgIpc) is 2.18. The summed E-state index contributed by atoms with van der Waals surface area (Å²) in [4.78, 5) is 19.0. The van der Waals surface area contributed by atoms with Gasteiger partial charge in [-0.05, 0) is 13.0 Å². The molecule has 0 fully saturated rings. The number of carbonyl (C=O) groups is 1. The van der Waals surface area contributed by atoms with Crippen molar-refractivity contribution in [2.75, 3.05) is 0 Å². The Kier molecular flexibility index (Phi) is 1.89. The van der Waals surface area contributed by atoms with E-state index in [1.54, 1.807) is 12.3 Å². The third-order valence-corrected chi connectivity index (χ3v) is 2.02. The van der Waals surface area contributed by atoms with E-state index in [4.69, 9.17) is 0 Å². The van der Waals surface area contributed by atoms with E-state index >= 15 is 0 Å². The van der Waals surface area contributed by atoms with Crippen LogP contribution in [0.25, 0.3) is 10.9 Å². The predicted octanol–water partition coefficient (Wildman–Crippen LogP) is 1.54. The highest BCUT2D eigenvalue weighted by Crippen LogP contribution is 2.25. The summed E-state index contributed by atoms with van der Waals surface area (Å²) < 4.78 is 0. The molecule has 0 bridgehead atoms. The number of rotatable bonds is 1. The minimum Gasteiger partial charge on any atom is -0.506 e. The van der Waals surface area contributed by atoms with Gasteiger partial charge in [0.05, 0.1) is 16.5 Å². The fourth-order valence-corrected chi connectivity index (χ4v) is 1.28. The number of hydrogen-bond donors (Lipinski definition) is 1. The molecule has 0 aliphatic heterocycles. The Morgan fingerprint density at radius 2 is 2.21 bits per heavy atom. The molecule has 70 valence electrons. The third kappa shape index (κ3) is 1.21. The van der Waals surface area contributed by atoms with Crippen LogP contribution in [0, 0.1) is 0 Å². The minimum absolute atomic E-state index is 0.0457. The Morgan fingerprint density at radius 3 is 2.93 bits per heavy atom. The van der Waals surface area contributed by atoms with Crippen LogP contribution in [0.3, 0.4) is 0 Å². The molecule has 4 nitrogen and oxygen atoms in total. The van der Waals surface area contributed by atoms with Gasteiger partial charge in [-0.25, -0.2) is 0 Å². The average molecular weight is 188 g/mol. The number of aromatic hydroxyl groups is 1. The predicted molar refractivity (Wildman–Crippen MR) is 51.2 cm³/mol. The molecule has 0 unspecified atom stereocenters. The number of fused-ring (bicyclic) bond motifs is 1. The molecule has 0 saturated heterocycles. The molecule has 4 heteroatoms. The van der Waals surface area contributed by atoms with Gasteiger partial charge in [-0.1, -0.05) is 0 Å². The normalized spacial score (nSPS) is 10.4. The first kappa shape index (κ1) is 8.62. The van der Waals surface area contributed by atoms with E-state index in [0.717, 1.165) is 0 Å². The van der Waals surface area contributed by atoms with Crippen molar-refractivity contribution in [2.24, 2.45) is 0 Å². The van der Waals surface area contributed by atoms with Gasteiger partial charge in [-0.3, -0.25) is 14.8 Å². The number of Topliss-reactive ketones (excluding diaryl/α,β-unsaturated/α-hetero) is 1. The van der Waals surface area contributed by atoms with Crippen molar-refractivity contribution in [3.63, 3.8) is 0 Å². The molecule has 14 heavy (non-hydrogen) atoms. The van der Waals surface area contributed by atoms with Crippen LogP contribution in [-0.2, 0) is 0 Å². The molecule has 2 heterocycles. The molecular formula is C10H8N2O2. The largest absolute Gasteiger partial charge is 0.506 e. The Morgan fingerprint density at radius 1 is 1.43 bits per heavy atom. The van der Waals surface area contributed by atoms with Crippen molar-refractivity contribution < 1.29 is 9.90 Å². The highest BCUT2D eigenvalue weighted by Gasteiger charge is 2.10. The lowest BCUT2D eigenvalue weighted by molar-refractivity contribution is 0.101. The van der Waals surface area contributed by atoms with Gasteiger partial charge in [0, 0.05) is 18.6 Å². The van der Waals surface area contributed by atoms with Gasteiger partial charge in [0.15, 0.2) is 5.78 Å². The van der Waals surface area contributed by atoms with Crippen LogP contribution < -0.4 is 0 Å². The van der Waals surface area contributed by atoms with Crippen LogP contribution >= 0.6 is 0 Å². The number of aromatic nitrogens is 2. The number of hydrogen-bond acceptors (Lipinski definition) is 4. The molecule has 0 spiro atoms. The molecule has 1 N–H and O–H groups in total. The SMILES string of the molecule is CC(=O)c1cnc2ccncc2c1O. The minimum atomic E-state index is -0.208. The summed E-state index contributed by atoms with van der Waals surface area (Å²) in [6.45, 7) is 1.39. The van der Waals surface area contributed by atoms with Crippen LogP contribution in [0.4, 0.5) is 0 Å².